The second-order valence-electron chi connectivity index (χ2n) is 18.9. The van der Waals surface area contributed by atoms with Gasteiger partial charge in [0.1, 0.15) is 11.6 Å². The average molecular weight is 1090 g/mol. The van der Waals surface area contributed by atoms with Crippen LogP contribution in [0.4, 0.5) is 19.4 Å². The number of amides is 6. The fourth-order valence-electron chi connectivity index (χ4n) is 11.1. The van der Waals surface area contributed by atoms with Gasteiger partial charge in [-0.15, -0.1) is 3.53 Å². The Morgan fingerprint density at radius 1 is 0.914 bits per heavy atom. The lowest BCUT2D eigenvalue weighted by Crippen LogP contribution is -3.73. The van der Waals surface area contributed by atoms with Gasteiger partial charge in [0, 0.05) is 85.8 Å². The number of nitrogens with zero attached hydrogens (tertiary/aromatic N) is 5. The number of benzene rings is 4. The summed E-state index contributed by atoms with van der Waals surface area (Å²) >= 11 is 5.60. The third-order valence-corrected chi connectivity index (χ3v) is 19.0. The number of alkyl halides is 1. The maximum absolute atomic E-state index is 16.2. The van der Waals surface area contributed by atoms with Crippen LogP contribution < -0.4 is 50.4 Å². The van der Waals surface area contributed by atoms with Crippen LogP contribution >= 0.6 is 11.6 Å². The van der Waals surface area contributed by atoms with Crippen molar-refractivity contribution in [1.82, 2.24) is 28.4 Å². The van der Waals surface area contributed by atoms with Gasteiger partial charge >= 0.3 is 31.1 Å². The molecule has 1 aliphatic carbocycles. The van der Waals surface area contributed by atoms with Crippen LogP contribution in [0.2, 0.25) is 5.02 Å². The van der Waals surface area contributed by atoms with Crippen molar-refractivity contribution in [2.24, 2.45) is 24.6 Å². The number of halogens is 4. The van der Waals surface area contributed by atoms with E-state index in [-0.39, 0.29) is 87.7 Å². The van der Waals surface area contributed by atoms with Crippen LogP contribution in [-0.2, 0) is 25.0 Å². The molecule has 1 aromatic heterocycles. The number of ether oxygens (including phenoxy) is 2. The Kier molecular flexibility index (Phi) is 13.0. The number of hydrogen-bond acceptors (Lipinski definition) is 9. The lowest BCUT2D eigenvalue weighted by molar-refractivity contribution is -0.821. The Labute approximate surface area is 418 Å². The molecule has 15 nitrogen and oxygen atoms in total. The van der Waals surface area contributed by atoms with Crippen molar-refractivity contribution >= 4 is 58.0 Å². The third kappa shape index (κ3) is 8.31. The van der Waals surface area contributed by atoms with E-state index in [4.69, 9.17) is 31.9 Å². The molecule has 1 saturated carbocycles. The molecule has 70 heavy (non-hydrogen) atoms. The van der Waals surface area contributed by atoms with Crippen molar-refractivity contribution in [2.45, 2.75) is 73.4 Å². The molecule has 0 bridgehead atoms. The van der Waals surface area contributed by atoms with Crippen LogP contribution in [0, 0.1) is 23.5 Å². The SMILES string of the molecule is COc1ccc(C(N)=O)c(-c2c(Cl)c(F)cc3c2[C@H](C)C([I+]NC2CCC(C(=O)N4CC(C(=O)N5CCC(c6cccc7c(N8CCC(=O)NC8=O)nn(C)c67)CC5)C4)CC2)(c2ccccc2)O3)c1F. The Hall–Kier alpha value is -5.86. The molecular weight excluding hydrogens is 1040 g/mol. The van der Waals surface area contributed by atoms with Crippen molar-refractivity contribution in [3.8, 4) is 22.6 Å². The quantitative estimate of drug-likeness (QED) is 0.0998. The molecular formula is C51H53ClF2IN8O7+. The van der Waals surface area contributed by atoms with Crippen molar-refractivity contribution in [2.75, 3.05) is 44.7 Å². The number of likely N-dealkylation sites (tertiary alicyclic amines) is 2. The van der Waals surface area contributed by atoms with Gasteiger partial charge in [0.2, 0.25) is 23.6 Å². The number of nitrogens with one attached hydrogen (secondary N) is 2. The first-order valence-electron chi connectivity index (χ1n) is 23.7. The number of rotatable bonds is 11. The minimum atomic E-state index is -1.10. The number of piperidine rings is 1. The summed E-state index contributed by atoms with van der Waals surface area (Å²) in [5, 5.41) is 7.56. The highest BCUT2D eigenvalue weighted by molar-refractivity contribution is 6.34. The average Bonchev–Trinajstić information content (AvgIpc) is 3.83. The number of carbonyl (C=O) groups is 5. The molecule has 6 amide bonds. The van der Waals surface area contributed by atoms with Crippen LogP contribution in [-0.4, -0.2) is 95.1 Å². The first-order chi connectivity index (χ1) is 33.7. The second-order valence-corrected chi connectivity index (χ2v) is 22.0. The number of anilines is 1. The number of hydrogen-bond donors (Lipinski definition) is 3. The Bertz CT molecular complexity index is 2940. The molecule has 5 heterocycles. The number of aromatic nitrogens is 2. The molecule has 19 heteroatoms. The summed E-state index contributed by atoms with van der Waals surface area (Å²) in [5.41, 5.74) is 8.67. The number of methoxy groups -OCH3 is 1. The maximum atomic E-state index is 16.2. The van der Waals surface area contributed by atoms with Gasteiger partial charge < -0.3 is 25.0 Å². The van der Waals surface area contributed by atoms with Gasteiger partial charge in [-0.1, -0.05) is 54.1 Å². The summed E-state index contributed by atoms with van der Waals surface area (Å²) < 4.78 is 48.7. The van der Waals surface area contributed by atoms with Crippen LogP contribution in [0.15, 0.2) is 66.7 Å². The Balaban J connectivity index is 0.753. The van der Waals surface area contributed by atoms with E-state index in [1.54, 1.807) is 4.68 Å². The van der Waals surface area contributed by atoms with Crippen molar-refractivity contribution in [3.63, 3.8) is 0 Å². The molecule has 10 rings (SSSR count). The van der Waals surface area contributed by atoms with E-state index in [1.807, 2.05) is 66.2 Å². The summed E-state index contributed by atoms with van der Waals surface area (Å²) in [6, 6.07) is 19.1. The van der Waals surface area contributed by atoms with Gasteiger partial charge in [-0.25, -0.2) is 13.6 Å². The molecule has 4 aromatic carbocycles. The summed E-state index contributed by atoms with van der Waals surface area (Å²) in [6.45, 7) is 4.24. The molecule has 4 N–H and O–H groups in total. The zero-order chi connectivity index (χ0) is 49.2. The molecule has 0 radical (unpaired) electrons. The molecule has 1 unspecified atom stereocenters. The molecule has 5 aliphatic rings. The number of fused-ring (bicyclic) bond motifs is 2. The number of primary amides is 1. The number of aryl methyl sites for hydroxylation is 1. The third-order valence-electron chi connectivity index (χ3n) is 14.9. The van der Waals surface area contributed by atoms with E-state index in [9.17, 15) is 24.0 Å². The normalized spacial score (nSPS) is 22.9. The lowest BCUT2D eigenvalue weighted by Gasteiger charge is -2.44. The van der Waals surface area contributed by atoms with Gasteiger partial charge in [-0.3, -0.25) is 34.1 Å². The number of carbonyl (C=O) groups excluding carboxylic acids is 5. The number of nitrogens with two attached hydrogens (primary N) is 1. The summed E-state index contributed by atoms with van der Waals surface area (Å²) in [7, 11) is 3.15. The topological polar surface area (TPSA) is 181 Å². The summed E-state index contributed by atoms with van der Waals surface area (Å²) in [6.07, 6.45) is 4.63. The summed E-state index contributed by atoms with van der Waals surface area (Å²) in [4.78, 5) is 70.0. The zero-order valence-corrected chi connectivity index (χ0v) is 41.8. The fourth-order valence-corrected chi connectivity index (χ4v) is 14.7. The minimum Gasteiger partial charge on any atom is -0.494 e. The monoisotopic (exact) mass is 1090 g/mol. The number of urea groups is 1. The lowest BCUT2D eigenvalue weighted by atomic mass is 9.84. The molecule has 3 saturated heterocycles. The molecule has 2 atom stereocenters. The van der Waals surface area contributed by atoms with Crippen LogP contribution in [0.25, 0.3) is 22.0 Å². The van der Waals surface area contributed by atoms with Gasteiger partial charge in [-0.2, -0.15) is 5.10 Å². The van der Waals surface area contributed by atoms with Crippen LogP contribution in [0.5, 0.6) is 11.5 Å². The first kappa shape index (κ1) is 47.8. The highest BCUT2D eigenvalue weighted by Gasteiger charge is 2.61. The Morgan fingerprint density at radius 3 is 2.31 bits per heavy atom. The fraction of sp³-hybridized carbons (Fsp3) is 0.412. The zero-order valence-electron chi connectivity index (χ0n) is 38.9. The Morgan fingerprint density at radius 2 is 1.63 bits per heavy atom. The van der Waals surface area contributed by atoms with Crippen molar-refractivity contribution in [1.29, 1.82) is 0 Å². The van der Waals surface area contributed by atoms with E-state index in [2.05, 4.69) is 14.9 Å². The smallest absolute Gasteiger partial charge is 0.443 e. The van der Waals surface area contributed by atoms with Gasteiger partial charge in [0.15, 0.2) is 17.4 Å². The van der Waals surface area contributed by atoms with Gasteiger partial charge in [-0.05, 0) is 75.1 Å². The largest absolute Gasteiger partial charge is 0.494 e. The highest BCUT2D eigenvalue weighted by Crippen LogP contribution is 2.54. The predicted molar refractivity (Wildman–Crippen MR) is 253 cm³/mol. The van der Waals surface area contributed by atoms with Gasteiger partial charge in [0.25, 0.3) is 0 Å². The van der Waals surface area contributed by atoms with E-state index in [0.717, 1.165) is 47.7 Å². The standard InChI is InChI=1S/C51H52ClF2IN8O7/c1-27-40-38(24-36(53)43(52)42(40)41-34(46(56)65)16-17-37(69-3)44(41)54)70-51(27,31-8-5-4-6-9-31)55-58-32-14-12-29(13-15-32)48(66)62-25-30(26-62)49(67)61-21-18-28(19-22-61)33-10-7-11-35-45(33)60(2)59-47(35)63-23-20-39(64)57-50(63)68/h4-11,16-17,24,27-30,32,58H,12-15,18-23,25-26H2,1-3H3,(H2-,56,57,64,65,68)/p+1/t27-,29?,32?,51?/m0/s1. The molecule has 5 aromatic rings. The molecule has 4 fully saturated rings. The van der Waals surface area contributed by atoms with Gasteiger partial charge in [0.05, 0.1) is 41.1 Å². The molecule has 0 spiro atoms. The number of para-hydroxylation sites is 1. The van der Waals surface area contributed by atoms with E-state index < -0.39 is 54.6 Å². The van der Waals surface area contributed by atoms with Crippen molar-refractivity contribution in [3.05, 3.63) is 106 Å². The molecule has 4 aliphatic heterocycles. The van der Waals surface area contributed by atoms with Crippen LogP contribution in [0.1, 0.15) is 90.8 Å². The van der Waals surface area contributed by atoms with E-state index in [1.165, 1.54) is 30.2 Å². The maximum Gasteiger partial charge on any atom is 0.443 e. The number of imide groups is 1. The predicted octanol–water partition coefficient (Wildman–Crippen LogP) is 4.09. The van der Waals surface area contributed by atoms with Crippen LogP contribution in [0.3, 0.4) is 0 Å². The summed E-state index contributed by atoms with van der Waals surface area (Å²) in [5.74, 6) is -2.88. The van der Waals surface area contributed by atoms with Crippen molar-refractivity contribution < 1.29 is 63.7 Å². The second kappa shape index (κ2) is 19.0. The minimum absolute atomic E-state index is 0.00657. The van der Waals surface area contributed by atoms with E-state index >= 15 is 8.78 Å². The first-order valence-corrected chi connectivity index (χ1v) is 26.2. The van der Waals surface area contributed by atoms with E-state index in [0.29, 0.717) is 50.4 Å². The highest BCUT2D eigenvalue weighted by atomic mass is 127. The molecule has 366 valence electrons.